The fraction of sp³-hybridized carbons (Fsp3) is 0.188. The molecule has 0 aliphatic heterocycles. The molecule has 1 atom stereocenters. The lowest BCUT2D eigenvalue weighted by Gasteiger charge is -2.20. The molecule has 0 amide bonds. The van der Waals surface area contributed by atoms with Gasteiger partial charge >= 0.3 is 6.04 Å². The summed E-state index contributed by atoms with van der Waals surface area (Å²) in [6, 6.07) is 25.3. The summed E-state index contributed by atoms with van der Waals surface area (Å²) in [5.74, 6) is 0. The van der Waals surface area contributed by atoms with Crippen LogP contribution in [0.5, 0.6) is 0 Å². The SMILES string of the molecule is Cc1cc(C)c(-c2c3ccccc3c(C([N+]#N)c3c(C)cc(Br)cc3C)c3ccccc23)c(C)c1. The lowest BCUT2D eigenvalue weighted by Crippen LogP contribution is -2.05. The zero-order valence-electron chi connectivity index (χ0n) is 20.8. The first-order valence-corrected chi connectivity index (χ1v) is 12.7. The van der Waals surface area contributed by atoms with Gasteiger partial charge in [-0.15, -0.1) is 0 Å². The Morgan fingerprint density at radius 2 is 1.06 bits per heavy atom. The van der Waals surface area contributed by atoms with Gasteiger partial charge in [-0.25, -0.2) is 0 Å². The van der Waals surface area contributed by atoms with Crippen LogP contribution >= 0.6 is 15.9 Å². The Bertz CT molecular complexity index is 1570. The molecule has 5 aromatic rings. The molecule has 5 rings (SSSR count). The normalized spacial score (nSPS) is 12.1. The highest BCUT2D eigenvalue weighted by atomic mass is 79.9. The molecule has 0 saturated heterocycles. The number of fused-ring (bicyclic) bond motifs is 2. The fourth-order valence-electron chi connectivity index (χ4n) is 5.91. The summed E-state index contributed by atoms with van der Waals surface area (Å²) in [7, 11) is 0. The van der Waals surface area contributed by atoms with Gasteiger partial charge in [0.15, 0.2) is 0 Å². The van der Waals surface area contributed by atoms with Gasteiger partial charge in [-0.1, -0.05) is 82.2 Å². The predicted molar refractivity (Wildman–Crippen MR) is 152 cm³/mol. The van der Waals surface area contributed by atoms with Crippen LogP contribution in [0.15, 0.2) is 77.3 Å². The molecule has 172 valence electrons. The molecule has 3 heteroatoms. The van der Waals surface area contributed by atoms with Crippen LogP contribution in [0.25, 0.3) is 37.6 Å². The minimum atomic E-state index is -0.493. The van der Waals surface area contributed by atoms with Crippen LogP contribution < -0.4 is 0 Å². The molecule has 1 unspecified atom stereocenters. The van der Waals surface area contributed by atoms with Crippen molar-refractivity contribution in [2.24, 2.45) is 0 Å². The van der Waals surface area contributed by atoms with Gasteiger partial charge < -0.3 is 0 Å². The Morgan fingerprint density at radius 1 is 0.600 bits per heavy atom. The van der Waals surface area contributed by atoms with Gasteiger partial charge in [-0.2, -0.15) is 0 Å². The van der Waals surface area contributed by atoms with E-state index in [1.165, 1.54) is 38.6 Å². The van der Waals surface area contributed by atoms with Crippen LogP contribution in [0.4, 0.5) is 0 Å². The molecule has 5 aromatic carbocycles. The molecule has 0 saturated carbocycles. The highest BCUT2D eigenvalue weighted by Crippen LogP contribution is 2.46. The number of hydrogen-bond donors (Lipinski definition) is 0. The van der Waals surface area contributed by atoms with Crippen LogP contribution in [0, 0.1) is 40.0 Å². The number of nitrogens with zero attached hydrogens (tertiary/aromatic N) is 2. The van der Waals surface area contributed by atoms with Crippen LogP contribution in [-0.4, -0.2) is 0 Å². The lowest BCUT2D eigenvalue weighted by molar-refractivity contribution is 0.973. The third-order valence-electron chi connectivity index (χ3n) is 7.12. The van der Waals surface area contributed by atoms with Gasteiger partial charge in [-0.05, 0) is 102 Å². The van der Waals surface area contributed by atoms with E-state index in [9.17, 15) is 5.39 Å². The first-order valence-electron chi connectivity index (χ1n) is 11.9. The van der Waals surface area contributed by atoms with Crippen molar-refractivity contribution in [1.29, 1.82) is 5.39 Å². The molecule has 0 bridgehead atoms. The third-order valence-corrected chi connectivity index (χ3v) is 7.58. The van der Waals surface area contributed by atoms with Gasteiger partial charge in [0.1, 0.15) is 4.98 Å². The van der Waals surface area contributed by atoms with Gasteiger partial charge in [0, 0.05) is 4.47 Å². The molecular formula is C32H28BrN2+. The highest BCUT2D eigenvalue weighted by Gasteiger charge is 2.34. The zero-order chi connectivity index (χ0) is 24.9. The first kappa shape index (κ1) is 23.3. The van der Waals surface area contributed by atoms with Crippen molar-refractivity contribution in [3.8, 4) is 11.1 Å². The van der Waals surface area contributed by atoms with E-state index in [-0.39, 0.29) is 0 Å². The average molecular weight is 520 g/mol. The van der Waals surface area contributed by atoms with Crippen molar-refractivity contribution in [3.63, 3.8) is 0 Å². The fourth-order valence-corrected chi connectivity index (χ4v) is 6.60. The maximum absolute atomic E-state index is 10.5. The largest absolute Gasteiger partial charge is 0.366 e. The standard InChI is InChI=1S/C32H28BrN2/c1-18-14-19(2)28(20(3)15-18)30-24-10-6-8-12-26(24)31(27-13-9-7-11-25(27)30)32(35-34)29-21(4)16-23(33)17-22(29)5/h6-17,32H,1-5H3/q+1. The Morgan fingerprint density at radius 3 is 1.51 bits per heavy atom. The number of hydrogen-bond acceptors (Lipinski definition) is 1. The molecule has 0 N–H and O–H groups in total. The van der Waals surface area contributed by atoms with E-state index in [0.29, 0.717) is 0 Å². The summed E-state index contributed by atoms with van der Waals surface area (Å²) < 4.78 is 1.03. The molecule has 0 aliphatic rings. The Hall–Kier alpha value is -3.48. The second-order valence-corrected chi connectivity index (χ2v) is 10.5. The summed E-state index contributed by atoms with van der Waals surface area (Å²) in [4.78, 5) is 4.01. The molecule has 0 aromatic heterocycles. The molecule has 0 spiro atoms. The average Bonchev–Trinajstić information content (AvgIpc) is 2.81. The van der Waals surface area contributed by atoms with Crippen LogP contribution in [0.3, 0.4) is 0 Å². The molecule has 0 fully saturated rings. The van der Waals surface area contributed by atoms with E-state index >= 15 is 0 Å². The summed E-state index contributed by atoms with van der Waals surface area (Å²) in [5.41, 5.74) is 10.6. The van der Waals surface area contributed by atoms with Gasteiger partial charge in [0.2, 0.25) is 5.39 Å². The van der Waals surface area contributed by atoms with Crippen molar-refractivity contribution >= 4 is 37.5 Å². The molecule has 2 nitrogen and oxygen atoms in total. The van der Waals surface area contributed by atoms with E-state index < -0.39 is 6.04 Å². The summed E-state index contributed by atoms with van der Waals surface area (Å²) >= 11 is 3.61. The highest BCUT2D eigenvalue weighted by molar-refractivity contribution is 9.10. The summed E-state index contributed by atoms with van der Waals surface area (Å²) in [6.45, 7) is 10.7. The van der Waals surface area contributed by atoms with Crippen LogP contribution in [0.2, 0.25) is 0 Å². The second-order valence-electron chi connectivity index (χ2n) is 9.62. The van der Waals surface area contributed by atoms with E-state index in [1.807, 2.05) is 0 Å². The van der Waals surface area contributed by atoms with E-state index in [4.69, 9.17) is 0 Å². The van der Waals surface area contributed by atoms with Gasteiger partial charge in [-0.3, -0.25) is 0 Å². The van der Waals surface area contributed by atoms with Gasteiger partial charge in [0.25, 0.3) is 0 Å². The molecular weight excluding hydrogens is 492 g/mol. The maximum atomic E-state index is 10.5. The van der Waals surface area contributed by atoms with Crippen molar-refractivity contribution in [3.05, 3.63) is 121 Å². The monoisotopic (exact) mass is 519 g/mol. The Balaban J connectivity index is 1.97. The number of aryl methyl sites for hydroxylation is 5. The summed E-state index contributed by atoms with van der Waals surface area (Å²) in [5, 5.41) is 15.1. The molecule has 0 radical (unpaired) electrons. The van der Waals surface area contributed by atoms with Crippen molar-refractivity contribution in [1.82, 2.24) is 0 Å². The molecule has 35 heavy (non-hydrogen) atoms. The van der Waals surface area contributed by atoms with Crippen LogP contribution in [0.1, 0.15) is 45.0 Å². The van der Waals surface area contributed by atoms with E-state index in [0.717, 1.165) is 37.5 Å². The zero-order valence-corrected chi connectivity index (χ0v) is 22.4. The third kappa shape index (κ3) is 3.83. The molecule has 0 aliphatic carbocycles. The van der Waals surface area contributed by atoms with Crippen molar-refractivity contribution in [2.45, 2.75) is 40.7 Å². The quantitative estimate of drug-likeness (QED) is 0.172. The topological polar surface area (TPSA) is 28.1 Å². The number of halogens is 1. The number of diazo groups is 1. The minimum Gasteiger partial charge on any atom is -0.0616 e. The lowest BCUT2D eigenvalue weighted by atomic mass is 9.81. The Kier molecular flexibility index (Phi) is 5.95. The number of rotatable bonds is 3. The van der Waals surface area contributed by atoms with Crippen molar-refractivity contribution in [2.75, 3.05) is 0 Å². The first-order chi connectivity index (χ1) is 16.8. The second kappa shape index (κ2) is 8.95. The van der Waals surface area contributed by atoms with Crippen LogP contribution in [-0.2, 0) is 0 Å². The smallest absolute Gasteiger partial charge is 0.0616 e. The number of benzene rings is 5. The summed E-state index contributed by atoms with van der Waals surface area (Å²) in [6.07, 6.45) is 0. The Labute approximate surface area is 215 Å². The maximum Gasteiger partial charge on any atom is 0.366 e. The van der Waals surface area contributed by atoms with E-state index in [2.05, 4.69) is 128 Å². The minimum absolute atomic E-state index is 0.493. The predicted octanol–water partition coefficient (Wildman–Crippen LogP) is 9.91. The van der Waals surface area contributed by atoms with E-state index in [1.54, 1.807) is 0 Å². The molecule has 0 heterocycles. The van der Waals surface area contributed by atoms with Crippen molar-refractivity contribution < 1.29 is 0 Å². The van der Waals surface area contributed by atoms with Gasteiger partial charge in [0.05, 0.1) is 11.1 Å².